The first-order valence-electron chi connectivity index (χ1n) is 9.05. The number of ether oxygens (including phenoxy) is 1. The highest BCUT2D eigenvalue weighted by Gasteiger charge is 2.42. The molecular formula is C22H23NO3S. The Morgan fingerprint density at radius 3 is 2.44 bits per heavy atom. The first kappa shape index (κ1) is 18.0. The minimum atomic E-state index is -3.58. The number of hydrogen-bond acceptors (Lipinski definition) is 3. The summed E-state index contributed by atoms with van der Waals surface area (Å²) >= 11 is 0. The van der Waals surface area contributed by atoms with E-state index in [2.05, 4.69) is 16.9 Å². The predicted molar refractivity (Wildman–Crippen MR) is 108 cm³/mol. The molecule has 0 saturated carbocycles. The van der Waals surface area contributed by atoms with Gasteiger partial charge in [0.05, 0.1) is 4.90 Å². The van der Waals surface area contributed by atoms with Gasteiger partial charge in [-0.3, -0.25) is 0 Å². The Bertz CT molecular complexity index is 1100. The molecule has 0 saturated heterocycles. The second kappa shape index (κ2) is 6.36. The van der Waals surface area contributed by atoms with E-state index in [4.69, 9.17) is 4.74 Å². The lowest BCUT2D eigenvalue weighted by Crippen LogP contribution is -2.38. The van der Waals surface area contributed by atoms with Gasteiger partial charge in [0.1, 0.15) is 11.4 Å². The van der Waals surface area contributed by atoms with Crippen molar-refractivity contribution in [2.24, 2.45) is 0 Å². The molecule has 4 rings (SSSR count). The summed E-state index contributed by atoms with van der Waals surface area (Å²) in [6, 6.07) is 19.0. The molecule has 0 aliphatic carbocycles. The Balaban J connectivity index is 1.68. The molecule has 1 atom stereocenters. The Labute approximate surface area is 160 Å². The van der Waals surface area contributed by atoms with Gasteiger partial charge in [0.2, 0.25) is 10.0 Å². The first-order valence-corrected chi connectivity index (χ1v) is 10.5. The Kier molecular flexibility index (Phi) is 4.24. The zero-order valence-corrected chi connectivity index (χ0v) is 16.5. The maximum absolute atomic E-state index is 12.7. The van der Waals surface area contributed by atoms with Crippen LogP contribution in [0.15, 0.2) is 65.6 Å². The molecule has 1 N–H and O–H groups in total. The van der Waals surface area contributed by atoms with E-state index >= 15 is 0 Å². The molecule has 0 fully saturated rings. The van der Waals surface area contributed by atoms with E-state index in [9.17, 15) is 8.42 Å². The minimum absolute atomic E-state index is 0.0844. The van der Waals surface area contributed by atoms with Gasteiger partial charge in [-0.05, 0) is 49.7 Å². The topological polar surface area (TPSA) is 55.4 Å². The molecule has 0 amide bonds. The molecule has 140 valence electrons. The summed E-state index contributed by atoms with van der Waals surface area (Å²) in [6.45, 7) is 6.23. The van der Waals surface area contributed by atoms with E-state index in [1.807, 2.05) is 45.0 Å². The fourth-order valence-corrected chi connectivity index (χ4v) is 4.81. The second-order valence-corrected chi connectivity index (χ2v) is 9.39. The summed E-state index contributed by atoms with van der Waals surface area (Å²) in [5, 5.41) is 2.24. The molecule has 1 aliphatic rings. The Morgan fingerprint density at radius 1 is 1.00 bits per heavy atom. The van der Waals surface area contributed by atoms with Crippen molar-refractivity contribution in [2.45, 2.75) is 37.2 Å². The number of aryl methyl sites for hydroxylation is 1. The van der Waals surface area contributed by atoms with Crippen LogP contribution < -0.4 is 9.46 Å². The molecule has 0 bridgehead atoms. The lowest BCUT2D eigenvalue weighted by molar-refractivity contribution is 0.111. The van der Waals surface area contributed by atoms with Crippen LogP contribution in [-0.4, -0.2) is 20.6 Å². The highest BCUT2D eigenvalue weighted by molar-refractivity contribution is 7.89. The lowest BCUT2D eigenvalue weighted by atomic mass is 9.84. The number of sulfonamides is 1. The van der Waals surface area contributed by atoms with Crippen molar-refractivity contribution in [3.8, 4) is 5.75 Å². The number of nitrogens with one attached hydrogen (secondary N) is 1. The van der Waals surface area contributed by atoms with Crippen LogP contribution in [0.25, 0.3) is 10.8 Å². The van der Waals surface area contributed by atoms with Gasteiger partial charge in [0.25, 0.3) is 0 Å². The predicted octanol–water partition coefficient (Wildman–Crippen LogP) is 4.38. The normalized spacial score (nSPS) is 18.3. The molecule has 0 aromatic heterocycles. The molecule has 4 nitrogen and oxygen atoms in total. The molecule has 27 heavy (non-hydrogen) atoms. The van der Waals surface area contributed by atoms with Crippen LogP contribution in [-0.2, 0) is 10.0 Å². The standard InChI is InChI=1S/C22H23NO3S/c1-15-8-11-17(12-9-15)27(24,25)23-14-19-21-18-7-5-4-6-16(18)10-13-20(21)26-22(19,2)3/h4-13,19,23H,14H2,1-3H3/t19-/m0/s1. The fourth-order valence-electron chi connectivity index (χ4n) is 3.77. The van der Waals surface area contributed by atoms with Crippen molar-refractivity contribution in [1.82, 2.24) is 4.72 Å². The summed E-state index contributed by atoms with van der Waals surface area (Å²) in [5.41, 5.74) is 1.60. The zero-order valence-electron chi connectivity index (χ0n) is 15.7. The minimum Gasteiger partial charge on any atom is -0.487 e. The quantitative estimate of drug-likeness (QED) is 0.730. The van der Waals surface area contributed by atoms with Crippen LogP contribution in [0.1, 0.15) is 30.9 Å². The molecule has 1 heterocycles. The van der Waals surface area contributed by atoms with Gasteiger partial charge in [-0.1, -0.05) is 48.0 Å². The van der Waals surface area contributed by atoms with Crippen molar-refractivity contribution in [2.75, 3.05) is 6.54 Å². The van der Waals surface area contributed by atoms with Crippen LogP contribution in [0.5, 0.6) is 5.75 Å². The maximum atomic E-state index is 12.7. The van der Waals surface area contributed by atoms with Crippen LogP contribution in [0.2, 0.25) is 0 Å². The highest BCUT2D eigenvalue weighted by Crippen LogP contribution is 2.47. The third-order valence-corrected chi connectivity index (χ3v) is 6.74. The summed E-state index contributed by atoms with van der Waals surface area (Å²) in [6.07, 6.45) is 0. The van der Waals surface area contributed by atoms with E-state index in [1.165, 1.54) is 0 Å². The highest BCUT2D eigenvalue weighted by atomic mass is 32.2. The van der Waals surface area contributed by atoms with Gasteiger partial charge in [-0.25, -0.2) is 13.1 Å². The molecule has 3 aromatic rings. The fraction of sp³-hybridized carbons (Fsp3) is 0.273. The molecule has 0 spiro atoms. The van der Waals surface area contributed by atoms with Crippen LogP contribution in [0.3, 0.4) is 0 Å². The summed E-state index contributed by atoms with van der Waals surface area (Å²) < 4.78 is 34.4. The van der Waals surface area contributed by atoms with Crippen molar-refractivity contribution < 1.29 is 13.2 Å². The smallest absolute Gasteiger partial charge is 0.240 e. The van der Waals surface area contributed by atoms with Crippen LogP contribution in [0, 0.1) is 6.92 Å². The van der Waals surface area contributed by atoms with E-state index < -0.39 is 15.6 Å². The second-order valence-electron chi connectivity index (χ2n) is 7.62. The SMILES string of the molecule is Cc1ccc(S(=O)(=O)NC[C@H]2c3c(ccc4ccccc34)OC2(C)C)cc1. The third kappa shape index (κ3) is 3.22. The molecule has 3 aromatic carbocycles. The van der Waals surface area contributed by atoms with E-state index in [0.29, 0.717) is 0 Å². The summed E-state index contributed by atoms with van der Waals surface area (Å²) in [7, 11) is -3.58. The van der Waals surface area contributed by atoms with Crippen molar-refractivity contribution in [3.63, 3.8) is 0 Å². The van der Waals surface area contributed by atoms with Gasteiger partial charge in [0.15, 0.2) is 0 Å². The summed E-state index contributed by atoms with van der Waals surface area (Å²) in [5.74, 6) is 0.747. The zero-order chi connectivity index (χ0) is 19.2. The summed E-state index contributed by atoms with van der Waals surface area (Å²) in [4.78, 5) is 0.281. The third-order valence-electron chi connectivity index (χ3n) is 5.30. The van der Waals surface area contributed by atoms with E-state index in [0.717, 1.165) is 27.6 Å². The van der Waals surface area contributed by atoms with E-state index in [1.54, 1.807) is 24.3 Å². The number of benzene rings is 3. The average Bonchev–Trinajstić information content (AvgIpc) is 2.90. The molecule has 0 unspecified atom stereocenters. The lowest BCUT2D eigenvalue weighted by Gasteiger charge is -2.27. The number of rotatable bonds is 4. The Morgan fingerprint density at radius 2 is 1.70 bits per heavy atom. The van der Waals surface area contributed by atoms with Gasteiger partial charge in [0, 0.05) is 18.0 Å². The molecular weight excluding hydrogens is 358 g/mol. The Hall–Kier alpha value is -2.37. The largest absolute Gasteiger partial charge is 0.487 e. The molecule has 5 heteroatoms. The molecule has 0 radical (unpaired) electrons. The van der Waals surface area contributed by atoms with Gasteiger partial charge in [-0.2, -0.15) is 0 Å². The number of hydrogen-bond donors (Lipinski definition) is 1. The molecule has 1 aliphatic heterocycles. The van der Waals surface area contributed by atoms with Gasteiger partial charge < -0.3 is 4.74 Å². The number of fused-ring (bicyclic) bond motifs is 3. The maximum Gasteiger partial charge on any atom is 0.240 e. The van der Waals surface area contributed by atoms with Gasteiger partial charge >= 0.3 is 0 Å². The van der Waals surface area contributed by atoms with Crippen molar-refractivity contribution in [1.29, 1.82) is 0 Å². The van der Waals surface area contributed by atoms with Crippen LogP contribution in [0.4, 0.5) is 0 Å². The average molecular weight is 381 g/mol. The first-order chi connectivity index (χ1) is 12.8. The van der Waals surface area contributed by atoms with Crippen molar-refractivity contribution >= 4 is 20.8 Å². The van der Waals surface area contributed by atoms with Crippen molar-refractivity contribution in [3.05, 3.63) is 71.8 Å². The van der Waals surface area contributed by atoms with Gasteiger partial charge in [-0.15, -0.1) is 0 Å². The van der Waals surface area contributed by atoms with Crippen LogP contribution >= 0.6 is 0 Å². The monoisotopic (exact) mass is 381 g/mol. The van der Waals surface area contributed by atoms with E-state index in [-0.39, 0.29) is 17.4 Å².